The number of hydrogen-bond acceptors (Lipinski definition) is 2. The van der Waals surface area contributed by atoms with Crippen LogP contribution in [0.4, 0.5) is 0 Å². The van der Waals surface area contributed by atoms with Gasteiger partial charge in [0.1, 0.15) is 8.07 Å². The van der Waals surface area contributed by atoms with Gasteiger partial charge in [-0.25, -0.2) is 9.97 Å². The van der Waals surface area contributed by atoms with Crippen molar-refractivity contribution >= 4 is 18.6 Å². The molecule has 2 nitrogen and oxygen atoms in total. The number of benzene rings is 9. The van der Waals surface area contributed by atoms with Gasteiger partial charge in [0.25, 0.3) is 0 Å². The van der Waals surface area contributed by atoms with Crippen molar-refractivity contribution < 1.29 is 0 Å². The van der Waals surface area contributed by atoms with E-state index in [1.807, 2.05) is 0 Å². The molecule has 10 aromatic rings. The van der Waals surface area contributed by atoms with E-state index >= 15 is 0 Å². The van der Waals surface area contributed by atoms with E-state index < -0.39 is 8.07 Å². The first-order chi connectivity index (χ1) is 31.0. The van der Waals surface area contributed by atoms with Crippen LogP contribution in [0.15, 0.2) is 231 Å². The van der Waals surface area contributed by atoms with Gasteiger partial charge >= 0.3 is 0 Å². The molecule has 0 saturated heterocycles. The lowest BCUT2D eigenvalue weighted by atomic mass is 9.91. The second-order valence-corrected chi connectivity index (χ2v) is 21.3. The fraction of sp³-hybridized carbons (Fsp3) is 0.0333. The van der Waals surface area contributed by atoms with Crippen LogP contribution in [0.25, 0.3) is 101 Å². The summed E-state index contributed by atoms with van der Waals surface area (Å²) in [6.45, 7) is 4.86. The standard InChI is InChI=1S/C60H44N2Si/c1-63(2)56-33-13-12-32-55(56)57-58(50-30-16-24-44(36-50)41-18-6-3-7-19-41)61-59(62-60(57)63)51-31-17-28-48(37-51)46-26-14-25-45(34-46)47-27-15-29-49(35-47)54-39-52(42-20-8-4-9-21-42)38-53(40-54)43-22-10-5-11-23-43/h3-40H,1-2H3. The predicted molar refractivity (Wildman–Crippen MR) is 268 cm³/mol. The van der Waals surface area contributed by atoms with E-state index in [2.05, 4.69) is 244 Å². The molecule has 3 heteroatoms. The highest BCUT2D eigenvalue weighted by Gasteiger charge is 2.41. The lowest BCUT2D eigenvalue weighted by Crippen LogP contribution is -2.50. The minimum Gasteiger partial charge on any atom is -0.237 e. The third-order valence-corrected chi connectivity index (χ3v) is 15.9. The summed E-state index contributed by atoms with van der Waals surface area (Å²) in [5, 5.41) is 2.62. The molecule has 0 aliphatic carbocycles. The fourth-order valence-electron chi connectivity index (χ4n) is 9.34. The maximum atomic E-state index is 5.50. The zero-order valence-electron chi connectivity index (χ0n) is 35.3. The Morgan fingerprint density at radius 2 is 0.619 bits per heavy atom. The second kappa shape index (κ2) is 16.0. The fourth-order valence-corrected chi connectivity index (χ4v) is 12.3. The molecule has 298 valence electrons. The van der Waals surface area contributed by atoms with Gasteiger partial charge < -0.3 is 0 Å². The summed E-state index contributed by atoms with van der Waals surface area (Å²) in [6, 6.07) is 83.2. The van der Waals surface area contributed by atoms with Crippen molar-refractivity contribution in [3.63, 3.8) is 0 Å². The van der Waals surface area contributed by atoms with Gasteiger partial charge in [-0.05, 0) is 120 Å². The van der Waals surface area contributed by atoms with Gasteiger partial charge in [-0.2, -0.15) is 0 Å². The molecule has 0 saturated carbocycles. The molecule has 0 atom stereocenters. The Balaban J connectivity index is 0.977. The maximum absolute atomic E-state index is 5.50. The molecule has 11 rings (SSSR count). The third kappa shape index (κ3) is 7.23. The monoisotopic (exact) mass is 820 g/mol. The Kier molecular flexibility index (Phi) is 9.68. The molecule has 2 heterocycles. The van der Waals surface area contributed by atoms with Crippen LogP contribution >= 0.6 is 0 Å². The van der Waals surface area contributed by atoms with E-state index in [0.717, 1.165) is 33.8 Å². The van der Waals surface area contributed by atoms with Gasteiger partial charge in [0.2, 0.25) is 0 Å². The highest BCUT2D eigenvalue weighted by Crippen LogP contribution is 2.39. The van der Waals surface area contributed by atoms with Crippen molar-refractivity contribution in [2.24, 2.45) is 0 Å². The zero-order valence-corrected chi connectivity index (χ0v) is 36.3. The van der Waals surface area contributed by atoms with Crippen LogP contribution < -0.4 is 10.5 Å². The van der Waals surface area contributed by atoms with E-state index in [1.165, 1.54) is 77.3 Å². The summed E-state index contributed by atoms with van der Waals surface area (Å²) in [5.74, 6) is 0.764. The predicted octanol–water partition coefficient (Wildman–Crippen LogP) is 14.6. The van der Waals surface area contributed by atoms with Gasteiger partial charge in [-0.15, -0.1) is 0 Å². The minimum atomic E-state index is -2.13. The molecular formula is C60H44N2Si. The summed E-state index contributed by atoms with van der Waals surface area (Å²) in [4.78, 5) is 11.0. The van der Waals surface area contributed by atoms with Crippen LogP contribution in [0.1, 0.15) is 0 Å². The largest absolute Gasteiger partial charge is 0.237 e. The number of aromatic nitrogens is 2. The first-order valence-corrected chi connectivity index (χ1v) is 24.7. The minimum absolute atomic E-state index is 0.764. The molecule has 0 radical (unpaired) electrons. The van der Waals surface area contributed by atoms with Crippen LogP contribution in [0.3, 0.4) is 0 Å². The zero-order chi connectivity index (χ0) is 42.3. The highest BCUT2D eigenvalue weighted by atomic mass is 28.3. The Morgan fingerprint density at radius 1 is 0.286 bits per heavy atom. The summed E-state index contributed by atoms with van der Waals surface area (Å²) in [6.07, 6.45) is 0. The normalized spacial score (nSPS) is 12.4. The van der Waals surface area contributed by atoms with Crippen molar-refractivity contribution in [1.29, 1.82) is 0 Å². The SMILES string of the molecule is C[Si]1(C)c2ccccc2-c2c(-c3cccc(-c4ccccc4)c3)nc(-c3cccc(-c4cccc(-c5cccc(-c6cc(-c7ccccc7)cc(-c7ccccc7)c6)c5)c4)c3)nc21. The summed E-state index contributed by atoms with van der Waals surface area (Å²) < 4.78 is 0. The first kappa shape index (κ1) is 38.2. The van der Waals surface area contributed by atoms with Crippen LogP contribution in [-0.2, 0) is 0 Å². The lowest BCUT2D eigenvalue weighted by molar-refractivity contribution is 1.21. The van der Waals surface area contributed by atoms with Crippen LogP contribution in [0, 0.1) is 0 Å². The van der Waals surface area contributed by atoms with Crippen molar-refractivity contribution in [1.82, 2.24) is 9.97 Å². The Bertz CT molecular complexity index is 3240. The van der Waals surface area contributed by atoms with Gasteiger partial charge in [0.05, 0.1) is 5.69 Å². The van der Waals surface area contributed by atoms with Gasteiger partial charge in [0.15, 0.2) is 5.82 Å². The molecular weight excluding hydrogens is 777 g/mol. The molecule has 0 fully saturated rings. The second-order valence-electron chi connectivity index (χ2n) is 17.0. The average molecular weight is 821 g/mol. The first-order valence-electron chi connectivity index (χ1n) is 21.7. The van der Waals surface area contributed by atoms with Crippen molar-refractivity contribution in [3.05, 3.63) is 231 Å². The van der Waals surface area contributed by atoms with Gasteiger partial charge in [-0.1, -0.05) is 201 Å². The third-order valence-electron chi connectivity index (χ3n) is 12.6. The molecule has 63 heavy (non-hydrogen) atoms. The Morgan fingerprint density at radius 3 is 1.14 bits per heavy atom. The van der Waals surface area contributed by atoms with Crippen molar-refractivity contribution in [2.75, 3.05) is 0 Å². The van der Waals surface area contributed by atoms with Crippen LogP contribution in [0.5, 0.6) is 0 Å². The molecule has 0 unspecified atom stereocenters. The summed E-state index contributed by atoms with van der Waals surface area (Å²) in [7, 11) is -2.13. The molecule has 1 aromatic heterocycles. The smallest absolute Gasteiger partial charge is 0.159 e. The summed E-state index contributed by atoms with van der Waals surface area (Å²) >= 11 is 0. The van der Waals surface area contributed by atoms with Gasteiger partial charge in [-0.3, -0.25) is 0 Å². The van der Waals surface area contributed by atoms with Crippen molar-refractivity contribution in [2.45, 2.75) is 13.1 Å². The quantitative estimate of drug-likeness (QED) is 0.143. The van der Waals surface area contributed by atoms with Crippen LogP contribution in [-0.4, -0.2) is 18.0 Å². The Labute approximate surface area is 370 Å². The number of hydrogen-bond donors (Lipinski definition) is 0. The van der Waals surface area contributed by atoms with E-state index in [-0.39, 0.29) is 0 Å². The number of fused-ring (bicyclic) bond motifs is 3. The highest BCUT2D eigenvalue weighted by molar-refractivity contribution is 7.03. The van der Waals surface area contributed by atoms with Crippen LogP contribution in [0.2, 0.25) is 13.1 Å². The molecule has 9 aromatic carbocycles. The molecule has 1 aliphatic heterocycles. The molecule has 0 N–H and O–H groups in total. The topological polar surface area (TPSA) is 25.8 Å². The summed E-state index contributed by atoms with van der Waals surface area (Å²) in [5.41, 5.74) is 19.7. The van der Waals surface area contributed by atoms with Gasteiger partial charge in [0, 0.05) is 22.0 Å². The van der Waals surface area contributed by atoms with E-state index in [4.69, 9.17) is 9.97 Å². The van der Waals surface area contributed by atoms with E-state index in [0.29, 0.717) is 0 Å². The number of nitrogens with zero attached hydrogens (tertiary/aromatic N) is 2. The average Bonchev–Trinajstić information content (AvgIpc) is 3.60. The lowest BCUT2D eigenvalue weighted by Gasteiger charge is -2.19. The molecule has 0 bridgehead atoms. The maximum Gasteiger partial charge on any atom is 0.159 e. The van der Waals surface area contributed by atoms with E-state index in [9.17, 15) is 0 Å². The van der Waals surface area contributed by atoms with E-state index in [1.54, 1.807) is 0 Å². The van der Waals surface area contributed by atoms with Crippen molar-refractivity contribution in [3.8, 4) is 101 Å². The molecule has 0 amide bonds. The molecule has 0 spiro atoms. The number of rotatable bonds is 8. The molecule has 1 aliphatic rings. The Hall–Kier alpha value is -7.72.